The SMILES string of the molecule is CNCc1ccc(C(=O)N2CCN(C(C)C)CC2)cc1Oc1cccc(Cl)c1. The van der Waals surface area contributed by atoms with Crippen LogP contribution in [0.15, 0.2) is 42.5 Å². The van der Waals surface area contributed by atoms with E-state index in [0.717, 1.165) is 31.7 Å². The molecule has 6 heteroatoms. The van der Waals surface area contributed by atoms with Gasteiger partial charge in [-0.3, -0.25) is 9.69 Å². The summed E-state index contributed by atoms with van der Waals surface area (Å²) in [6.45, 7) is 8.35. The van der Waals surface area contributed by atoms with Crippen molar-refractivity contribution >= 4 is 17.5 Å². The third-order valence-electron chi connectivity index (χ3n) is 5.04. The van der Waals surface area contributed by atoms with Crippen LogP contribution in [-0.4, -0.2) is 55.0 Å². The smallest absolute Gasteiger partial charge is 0.254 e. The zero-order valence-corrected chi connectivity index (χ0v) is 17.5. The van der Waals surface area contributed by atoms with Crippen LogP contribution in [0.25, 0.3) is 0 Å². The van der Waals surface area contributed by atoms with Gasteiger partial charge in [-0.05, 0) is 51.2 Å². The minimum absolute atomic E-state index is 0.0513. The van der Waals surface area contributed by atoms with E-state index in [1.54, 1.807) is 12.1 Å². The summed E-state index contributed by atoms with van der Waals surface area (Å²) in [7, 11) is 1.89. The standard InChI is InChI=1S/C22H28ClN3O2/c1-16(2)25-9-11-26(12-10-25)22(27)17-7-8-18(15-24-3)21(13-17)28-20-6-4-5-19(23)14-20/h4-8,13-14,16,24H,9-12,15H2,1-3H3. The van der Waals surface area contributed by atoms with Crippen LogP contribution < -0.4 is 10.1 Å². The molecule has 2 aromatic rings. The third kappa shape index (κ3) is 5.04. The van der Waals surface area contributed by atoms with E-state index in [1.165, 1.54) is 0 Å². The number of amides is 1. The van der Waals surface area contributed by atoms with Crippen molar-refractivity contribution < 1.29 is 9.53 Å². The molecule has 1 amide bonds. The highest BCUT2D eigenvalue weighted by molar-refractivity contribution is 6.30. The van der Waals surface area contributed by atoms with E-state index in [2.05, 4.69) is 24.1 Å². The van der Waals surface area contributed by atoms with Gasteiger partial charge in [-0.1, -0.05) is 23.7 Å². The maximum Gasteiger partial charge on any atom is 0.254 e. The quantitative estimate of drug-likeness (QED) is 0.794. The monoisotopic (exact) mass is 401 g/mol. The number of hydrogen-bond donors (Lipinski definition) is 1. The normalized spacial score (nSPS) is 15.1. The Labute approximate surface area is 172 Å². The summed E-state index contributed by atoms with van der Waals surface area (Å²) in [6.07, 6.45) is 0. The van der Waals surface area contributed by atoms with Crippen LogP contribution >= 0.6 is 11.6 Å². The number of hydrogen-bond acceptors (Lipinski definition) is 4. The Kier molecular flexibility index (Phi) is 6.94. The van der Waals surface area contributed by atoms with Gasteiger partial charge in [0.2, 0.25) is 0 Å². The molecule has 0 bridgehead atoms. The van der Waals surface area contributed by atoms with E-state index >= 15 is 0 Å². The average Bonchev–Trinajstić information content (AvgIpc) is 2.69. The van der Waals surface area contributed by atoms with Gasteiger partial charge < -0.3 is 15.0 Å². The molecule has 1 N–H and O–H groups in total. The fourth-order valence-electron chi connectivity index (χ4n) is 3.40. The van der Waals surface area contributed by atoms with Gasteiger partial charge in [0.05, 0.1) is 0 Å². The molecular formula is C22H28ClN3O2. The summed E-state index contributed by atoms with van der Waals surface area (Å²) in [5.74, 6) is 1.37. The number of piperazine rings is 1. The van der Waals surface area contributed by atoms with Crippen molar-refractivity contribution in [2.45, 2.75) is 26.4 Å². The van der Waals surface area contributed by atoms with Crippen molar-refractivity contribution in [3.8, 4) is 11.5 Å². The van der Waals surface area contributed by atoms with Gasteiger partial charge in [0.15, 0.2) is 0 Å². The molecule has 1 heterocycles. The zero-order chi connectivity index (χ0) is 20.1. The predicted molar refractivity (Wildman–Crippen MR) is 113 cm³/mol. The Hall–Kier alpha value is -2.08. The van der Waals surface area contributed by atoms with Crippen molar-refractivity contribution in [3.63, 3.8) is 0 Å². The molecule has 150 valence electrons. The first kappa shape index (κ1) is 20.6. The van der Waals surface area contributed by atoms with Crippen LogP contribution in [0, 0.1) is 0 Å². The molecule has 0 radical (unpaired) electrons. The van der Waals surface area contributed by atoms with Gasteiger partial charge in [-0.15, -0.1) is 0 Å². The number of ether oxygens (including phenoxy) is 1. The summed E-state index contributed by atoms with van der Waals surface area (Å²) in [6, 6.07) is 13.5. The van der Waals surface area contributed by atoms with Crippen LogP contribution in [0.5, 0.6) is 11.5 Å². The number of nitrogens with zero attached hydrogens (tertiary/aromatic N) is 2. The van der Waals surface area contributed by atoms with Gasteiger partial charge in [0, 0.05) is 54.9 Å². The molecule has 0 unspecified atom stereocenters. The summed E-state index contributed by atoms with van der Waals surface area (Å²) in [5, 5.41) is 3.76. The largest absolute Gasteiger partial charge is 0.457 e. The lowest BCUT2D eigenvalue weighted by Crippen LogP contribution is -2.50. The maximum absolute atomic E-state index is 13.0. The highest BCUT2D eigenvalue weighted by atomic mass is 35.5. The van der Waals surface area contributed by atoms with E-state index in [-0.39, 0.29) is 5.91 Å². The van der Waals surface area contributed by atoms with Gasteiger partial charge in [-0.25, -0.2) is 0 Å². The van der Waals surface area contributed by atoms with Crippen LogP contribution in [0.3, 0.4) is 0 Å². The van der Waals surface area contributed by atoms with Crippen molar-refractivity contribution in [1.29, 1.82) is 0 Å². The Morgan fingerprint density at radius 1 is 1.14 bits per heavy atom. The molecule has 0 aliphatic carbocycles. The Bertz CT molecular complexity index is 817. The molecule has 5 nitrogen and oxygen atoms in total. The summed E-state index contributed by atoms with van der Waals surface area (Å²) in [5.41, 5.74) is 1.64. The highest BCUT2D eigenvalue weighted by Crippen LogP contribution is 2.29. The Morgan fingerprint density at radius 3 is 2.54 bits per heavy atom. The van der Waals surface area contributed by atoms with Crippen molar-refractivity contribution in [2.75, 3.05) is 33.2 Å². The second-order valence-corrected chi connectivity index (χ2v) is 7.77. The Balaban J connectivity index is 1.79. The van der Waals surface area contributed by atoms with Gasteiger partial charge >= 0.3 is 0 Å². The van der Waals surface area contributed by atoms with E-state index in [4.69, 9.17) is 16.3 Å². The minimum Gasteiger partial charge on any atom is -0.457 e. The van der Waals surface area contributed by atoms with Crippen LogP contribution in [0.4, 0.5) is 0 Å². The van der Waals surface area contributed by atoms with Gasteiger partial charge in [-0.2, -0.15) is 0 Å². The predicted octanol–water partition coefficient (Wildman–Crippen LogP) is 4.02. The lowest BCUT2D eigenvalue weighted by Gasteiger charge is -2.37. The fraction of sp³-hybridized carbons (Fsp3) is 0.409. The fourth-order valence-corrected chi connectivity index (χ4v) is 3.58. The molecule has 2 aromatic carbocycles. The number of carbonyl (C=O) groups excluding carboxylic acids is 1. The first-order chi connectivity index (χ1) is 13.5. The molecule has 0 aromatic heterocycles. The Morgan fingerprint density at radius 2 is 1.89 bits per heavy atom. The van der Waals surface area contributed by atoms with Crippen molar-refractivity contribution in [1.82, 2.24) is 15.1 Å². The summed E-state index contributed by atoms with van der Waals surface area (Å²) >= 11 is 6.07. The second-order valence-electron chi connectivity index (χ2n) is 7.33. The summed E-state index contributed by atoms with van der Waals surface area (Å²) in [4.78, 5) is 17.3. The molecular weight excluding hydrogens is 374 g/mol. The number of benzene rings is 2. The summed E-state index contributed by atoms with van der Waals surface area (Å²) < 4.78 is 6.07. The molecule has 1 fully saturated rings. The third-order valence-corrected chi connectivity index (χ3v) is 5.27. The first-order valence-electron chi connectivity index (χ1n) is 9.72. The lowest BCUT2D eigenvalue weighted by molar-refractivity contribution is 0.0595. The molecule has 28 heavy (non-hydrogen) atoms. The van der Waals surface area contributed by atoms with E-state index < -0.39 is 0 Å². The van der Waals surface area contributed by atoms with Crippen LogP contribution in [0.1, 0.15) is 29.8 Å². The van der Waals surface area contributed by atoms with E-state index in [0.29, 0.717) is 34.7 Å². The molecule has 0 atom stereocenters. The molecule has 1 aliphatic rings. The van der Waals surface area contributed by atoms with E-state index in [1.807, 2.05) is 42.3 Å². The van der Waals surface area contributed by atoms with Crippen LogP contribution in [0.2, 0.25) is 5.02 Å². The minimum atomic E-state index is 0.0513. The first-order valence-corrected chi connectivity index (χ1v) is 10.1. The van der Waals surface area contributed by atoms with Crippen LogP contribution in [-0.2, 0) is 6.54 Å². The maximum atomic E-state index is 13.0. The topological polar surface area (TPSA) is 44.8 Å². The van der Waals surface area contributed by atoms with Gasteiger partial charge in [0.25, 0.3) is 5.91 Å². The van der Waals surface area contributed by atoms with Gasteiger partial charge in [0.1, 0.15) is 11.5 Å². The molecule has 0 spiro atoms. The second kappa shape index (κ2) is 9.41. The van der Waals surface area contributed by atoms with Crippen molar-refractivity contribution in [2.24, 2.45) is 0 Å². The average molecular weight is 402 g/mol. The zero-order valence-electron chi connectivity index (χ0n) is 16.7. The lowest BCUT2D eigenvalue weighted by atomic mass is 10.1. The number of rotatable bonds is 6. The highest BCUT2D eigenvalue weighted by Gasteiger charge is 2.24. The molecule has 1 saturated heterocycles. The number of nitrogens with one attached hydrogen (secondary N) is 1. The molecule has 1 aliphatic heterocycles. The molecule has 3 rings (SSSR count). The van der Waals surface area contributed by atoms with Crippen molar-refractivity contribution in [3.05, 3.63) is 58.6 Å². The number of carbonyl (C=O) groups is 1. The number of halogens is 1. The molecule has 0 saturated carbocycles. The van der Waals surface area contributed by atoms with E-state index in [9.17, 15) is 4.79 Å².